The summed E-state index contributed by atoms with van der Waals surface area (Å²) in [5.74, 6) is -0.406. The SMILES string of the molecule is CNC(C)(C)C(=O)Nc1ccc(OC(F)F)c(Cl)c1. The lowest BCUT2D eigenvalue weighted by Crippen LogP contribution is -2.47. The minimum absolute atomic E-state index is 0.000337. The molecule has 0 radical (unpaired) electrons. The van der Waals surface area contributed by atoms with Crippen LogP contribution in [0.5, 0.6) is 5.75 Å². The topological polar surface area (TPSA) is 50.4 Å². The van der Waals surface area contributed by atoms with Gasteiger partial charge in [0, 0.05) is 5.69 Å². The van der Waals surface area contributed by atoms with Gasteiger partial charge in [-0.05, 0) is 39.1 Å². The van der Waals surface area contributed by atoms with Gasteiger partial charge in [-0.25, -0.2) is 0 Å². The average Bonchev–Trinajstić information content (AvgIpc) is 2.32. The summed E-state index contributed by atoms with van der Waals surface area (Å²) in [4.78, 5) is 11.9. The molecule has 0 aromatic heterocycles. The van der Waals surface area contributed by atoms with Gasteiger partial charge in [-0.2, -0.15) is 8.78 Å². The number of likely N-dealkylation sites (N-methyl/N-ethyl adjacent to an activating group) is 1. The Morgan fingerprint density at radius 1 is 1.42 bits per heavy atom. The van der Waals surface area contributed by atoms with Crippen LogP contribution < -0.4 is 15.4 Å². The van der Waals surface area contributed by atoms with Gasteiger partial charge >= 0.3 is 6.61 Å². The second-order valence-corrected chi connectivity index (χ2v) is 4.76. The molecule has 0 bridgehead atoms. The van der Waals surface area contributed by atoms with Crippen LogP contribution in [0, 0.1) is 0 Å². The molecule has 0 fully saturated rings. The normalized spacial score (nSPS) is 11.5. The molecule has 0 spiro atoms. The Hall–Kier alpha value is -1.40. The summed E-state index contributed by atoms with van der Waals surface area (Å²) in [6, 6.07) is 4.06. The Morgan fingerprint density at radius 2 is 2.05 bits per heavy atom. The van der Waals surface area contributed by atoms with Crippen LogP contribution in [0.3, 0.4) is 0 Å². The number of hydrogen-bond acceptors (Lipinski definition) is 3. The number of rotatable bonds is 5. The number of alkyl halides is 2. The maximum atomic E-state index is 12.1. The summed E-state index contributed by atoms with van der Waals surface area (Å²) >= 11 is 5.78. The molecule has 4 nitrogen and oxygen atoms in total. The molecule has 7 heteroatoms. The molecule has 0 aliphatic rings. The zero-order valence-electron chi connectivity index (χ0n) is 10.8. The number of carbonyl (C=O) groups is 1. The lowest BCUT2D eigenvalue weighted by Gasteiger charge is -2.22. The van der Waals surface area contributed by atoms with Crippen molar-refractivity contribution in [2.24, 2.45) is 0 Å². The van der Waals surface area contributed by atoms with Crippen LogP contribution >= 0.6 is 11.6 Å². The van der Waals surface area contributed by atoms with E-state index in [2.05, 4.69) is 15.4 Å². The average molecular weight is 293 g/mol. The van der Waals surface area contributed by atoms with Crippen LogP contribution in [0.2, 0.25) is 5.02 Å². The Morgan fingerprint density at radius 3 is 2.53 bits per heavy atom. The summed E-state index contributed by atoms with van der Waals surface area (Å²) in [5, 5.41) is 5.47. The monoisotopic (exact) mass is 292 g/mol. The fourth-order valence-electron chi connectivity index (χ4n) is 1.17. The third kappa shape index (κ3) is 4.33. The Balaban J connectivity index is 2.82. The van der Waals surface area contributed by atoms with E-state index >= 15 is 0 Å². The maximum Gasteiger partial charge on any atom is 0.387 e. The van der Waals surface area contributed by atoms with Gasteiger partial charge in [0.05, 0.1) is 10.6 Å². The highest BCUT2D eigenvalue weighted by molar-refractivity contribution is 6.32. The maximum absolute atomic E-state index is 12.1. The van der Waals surface area contributed by atoms with Crippen molar-refractivity contribution in [3.8, 4) is 5.75 Å². The fourth-order valence-corrected chi connectivity index (χ4v) is 1.40. The van der Waals surface area contributed by atoms with Gasteiger partial charge in [0.2, 0.25) is 5.91 Å². The molecule has 0 heterocycles. The number of anilines is 1. The molecule has 1 aromatic carbocycles. The van der Waals surface area contributed by atoms with Crippen LogP contribution in [-0.2, 0) is 4.79 Å². The van der Waals surface area contributed by atoms with Crippen LogP contribution in [0.15, 0.2) is 18.2 Å². The van der Waals surface area contributed by atoms with Gasteiger partial charge in [0.15, 0.2) is 0 Å². The molecule has 0 aliphatic heterocycles. The van der Waals surface area contributed by atoms with Crippen LogP contribution in [0.25, 0.3) is 0 Å². The Kier molecular flexibility index (Phi) is 5.08. The molecule has 2 N–H and O–H groups in total. The molecule has 1 amide bonds. The quantitative estimate of drug-likeness (QED) is 0.877. The molecule has 19 heavy (non-hydrogen) atoms. The van der Waals surface area contributed by atoms with Gasteiger partial charge in [-0.1, -0.05) is 11.6 Å². The molecule has 1 rings (SSSR count). The molecule has 0 saturated heterocycles. The van der Waals surface area contributed by atoms with E-state index in [1.807, 2.05) is 0 Å². The first-order valence-corrected chi connectivity index (χ1v) is 5.89. The number of hydrogen-bond donors (Lipinski definition) is 2. The molecule has 0 saturated carbocycles. The first-order chi connectivity index (χ1) is 8.76. The number of ether oxygens (including phenoxy) is 1. The van der Waals surface area contributed by atoms with Gasteiger partial charge in [0.25, 0.3) is 0 Å². The van der Waals surface area contributed by atoms with E-state index in [1.54, 1.807) is 20.9 Å². The third-order valence-electron chi connectivity index (χ3n) is 2.60. The lowest BCUT2D eigenvalue weighted by atomic mass is 10.1. The van der Waals surface area contributed by atoms with E-state index in [1.165, 1.54) is 18.2 Å². The van der Waals surface area contributed by atoms with E-state index < -0.39 is 12.2 Å². The standard InChI is InChI=1S/C12H15ClF2N2O2/c1-12(2,16-3)10(18)17-7-4-5-9(8(13)6-7)19-11(14)15/h4-6,11,16H,1-3H3,(H,17,18). The molecule has 106 valence electrons. The van der Waals surface area contributed by atoms with E-state index in [4.69, 9.17) is 11.6 Å². The number of halogens is 3. The van der Waals surface area contributed by atoms with E-state index in [0.29, 0.717) is 5.69 Å². The number of carbonyl (C=O) groups excluding carboxylic acids is 1. The minimum Gasteiger partial charge on any atom is -0.433 e. The van der Waals surface area contributed by atoms with Crippen molar-refractivity contribution in [2.45, 2.75) is 26.0 Å². The summed E-state index contributed by atoms with van der Waals surface area (Å²) in [7, 11) is 1.66. The highest BCUT2D eigenvalue weighted by atomic mass is 35.5. The van der Waals surface area contributed by atoms with Crippen LogP contribution in [-0.4, -0.2) is 25.1 Å². The molecule has 1 aromatic rings. The Labute approximate surface area is 115 Å². The number of amides is 1. The fraction of sp³-hybridized carbons (Fsp3) is 0.417. The van der Waals surface area contributed by atoms with Gasteiger partial charge < -0.3 is 15.4 Å². The molecule has 0 unspecified atom stereocenters. The number of benzene rings is 1. The lowest BCUT2D eigenvalue weighted by molar-refractivity contribution is -0.121. The first kappa shape index (κ1) is 15.7. The van der Waals surface area contributed by atoms with Crippen molar-refractivity contribution in [2.75, 3.05) is 12.4 Å². The number of nitrogens with one attached hydrogen (secondary N) is 2. The third-order valence-corrected chi connectivity index (χ3v) is 2.89. The van der Waals surface area contributed by atoms with Crippen LogP contribution in [0.1, 0.15) is 13.8 Å². The highest BCUT2D eigenvalue weighted by Crippen LogP contribution is 2.29. The minimum atomic E-state index is -2.94. The summed E-state index contributed by atoms with van der Waals surface area (Å²) < 4.78 is 28.3. The predicted octanol–water partition coefficient (Wildman–Crippen LogP) is 2.88. The predicted molar refractivity (Wildman–Crippen MR) is 69.9 cm³/mol. The van der Waals surface area contributed by atoms with Gasteiger partial charge in [0.1, 0.15) is 5.75 Å². The molecular formula is C12H15ClF2N2O2. The molecular weight excluding hydrogens is 278 g/mol. The Bertz CT molecular complexity index is 467. The van der Waals surface area contributed by atoms with Crippen LogP contribution in [0.4, 0.5) is 14.5 Å². The van der Waals surface area contributed by atoms with Crippen molar-refractivity contribution in [3.05, 3.63) is 23.2 Å². The smallest absolute Gasteiger partial charge is 0.387 e. The summed E-state index contributed by atoms with van der Waals surface area (Å²) in [6.07, 6.45) is 0. The summed E-state index contributed by atoms with van der Waals surface area (Å²) in [6.45, 7) is 0.470. The zero-order chi connectivity index (χ0) is 14.6. The van der Waals surface area contributed by atoms with Crippen molar-refractivity contribution in [1.29, 1.82) is 0 Å². The highest BCUT2D eigenvalue weighted by Gasteiger charge is 2.25. The summed E-state index contributed by atoms with van der Waals surface area (Å²) in [5.41, 5.74) is -0.357. The van der Waals surface area contributed by atoms with Crippen molar-refractivity contribution < 1.29 is 18.3 Å². The van der Waals surface area contributed by atoms with E-state index in [-0.39, 0.29) is 16.7 Å². The molecule has 0 aliphatic carbocycles. The van der Waals surface area contributed by atoms with Crippen molar-refractivity contribution in [1.82, 2.24) is 5.32 Å². The zero-order valence-corrected chi connectivity index (χ0v) is 11.5. The largest absolute Gasteiger partial charge is 0.433 e. The second kappa shape index (κ2) is 6.16. The molecule has 0 atom stereocenters. The first-order valence-electron chi connectivity index (χ1n) is 5.51. The van der Waals surface area contributed by atoms with Crippen molar-refractivity contribution >= 4 is 23.2 Å². The second-order valence-electron chi connectivity index (χ2n) is 4.35. The van der Waals surface area contributed by atoms with E-state index in [9.17, 15) is 13.6 Å². The van der Waals surface area contributed by atoms with Gasteiger partial charge in [-0.15, -0.1) is 0 Å². The van der Waals surface area contributed by atoms with Gasteiger partial charge in [-0.3, -0.25) is 4.79 Å². The van der Waals surface area contributed by atoms with E-state index in [0.717, 1.165) is 0 Å². The van der Waals surface area contributed by atoms with Crippen molar-refractivity contribution in [3.63, 3.8) is 0 Å².